The maximum absolute atomic E-state index is 3.76. The lowest BCUT2D eigenvalue weighted by Crippen LogP contribution is -1.81. The molecule has 0 aromatic heterocycles. The van der Waals surface area contributed by atoms with Crippen LogP contribution < -0.4 is 0 Å². The summed E-state index contributed by atoms with van der Waals surface area (Å²) in [5, 5.41) is 0. The van der Waals surface area contributed by atoms with Crippen molar-refractivity contribution < 1.29 is 0 Å². The molecule has 0 heterocycles. The molecule has 12 heavy (non-hydrogen) atoms. The minimum atomic E-state index is 0.505. The van der Waals surface area contributed by atoms with Gasteiger partial charge in [0.05, 0.1) is 0 Å². The average molecular weight is 162 g/mol. The molecule has 0 nitrogen and oxygen atoms in total. The van der Waals surface area contributed by atoms with E-state index in [2.05, 4.69) is 32.6 Å². The van der Waals surface area contributed by atoms with Crippen molar-refractivity contribution in [1.82, 2.24) is 0 Å². The molecule has 0 saturated heterocycles. The Bertz CT molecular complexity index is 218. The van der Waals surface area contributed by atoms with Crippen LogP contribution in [0.2, 0.25) is 0 Å². The van der Waals surface area contributed by atoms with Gasteiger partial charge in [0.15, 0.2) is 0 Å². The Morgan fingerprint density at radius 2 is 2.17 bits per heavy atom. The minimum absolute atomic E-state index is 0.505. The molecule has 1 aliphatic carbocycles. The predicted octanol–water partition coefficient (Wildman–Crippen LogP) is 3.87. The molecule has 0 aliphatic heterocycles. The Hall–Kier alpha value is -0.780. The second-order valence-electron chi connectivity index (χ2n) is 3.61. The largest absolute Gasteiger partial charge is 0.102 e. The fourth-order valence-corrected chi connectivity index (χ4v) is 1.49. The van der Waals surface area contributed by atoms with Crippen molar-refractivity contribution in [2.24, 2.45) is 5.92 Å². The highest BCUT2D eigenvalue weighted by Gasteiger charge is 2.06. The summed E-state index contributed by atoms with van der Waals surface area (Å²) in [6.07, 6.45) is 10.4. The van der Waals surface area contributed by atoms with Crippen LogP contribution >= 0.6 is 0 Å². The van der Waals surface area contributed by atoms with E-state index in [9.17, 15) is 0 Å². The zero-order valence-corrected chi connectivity index (χ0v) is 8.14. The predicted molar refractivity (Wildman–Crippen MR) is 55.1 cm³/mol. The summed E-state index contributed by atoms with van der Waals surface area (Å²) in [5.41, 5.74) is 3.12. The standard InChI is InChI=1S/C12H18/c1-4-10(2)8-9-12-7-5-6-11(12)3/h4,8-10H,1,5-7H2,2-3H3/b9-8-. The van der Waals surface area contributed by atoms with E-state index in [0.29, 0.717) is 5.92 Å². The van der Waals surface area contributed by atoms with Gasteiger partial charge in [0.1, 0.15) is 0 Å². The molecule has 0 aromatic rings. The van der Waals surface area contributed by atoms with E-state index in [1.54, 1.807) is 11.1 Å². The number of rotatable bonds is 3. The Morgan fingerprint density at radius 1 is 1.42 bits per heavy atom. The van der Waals surface area contributed by atoms with Crippen molar-refractivity contribution >= 4 is 0 Å². The quantitative estimate of drug-likeness (QED) is 0.553. The first-order valence-electron chi connectivity index (χ1n) is 4.73. The molecule has 1 aliphatic rings. The molecule has 0 radical (unpaired) electrons. The van der Waals surface area contributed by atoms with Crippen LogP contribution in [-0.4, -0.2) is 0 Å². The summed E-state index contributed by atoms with van der Waals surface area (Å²) in [6.45, 7) is 8.16. The van der Waals surface area contributed by atoms with E-state index < -0.39 is 0 Å². The van der Waals surface area contributed by atoms with Crippen LogP contribution in [0.4, 0.5) is 0 Å². The summed E-state index contributed by atoms with van der Waals surface area (Å²) in [4.78, 5) is 0. The number of hydrogen-bond acceptors (Lipinski definition) is 0. The van der Waals surface area contributed by atoms with Crippen molar-refractivity contribution in [3.63, 3.8) is 0 Å². The Kier molecular flexibility index (Phi) is 3.33. The highest BCUT2D eigenvalue weighted by atomic mass is 14.1. The van der Waals surface area contributed by atoms with Crippen LogP contribution in [0, 0.1) is 5.92 Å². The second-order valence-corrected chi connectivity index (χ2v) is 3.61. The molecular weight excluding hydrogens is 144 g/mol. The first kappa shape index (κ1) is 9.31. The minimum Gasteiger partial charge on any atom is -0.102 e. The van der Waals surface area contributed by atoms with Crippen LogP contribution in [-0.2, 0) is 0 Å². The van der Waals surface area contributed by atoms with Gasteiger partial charge in [0.2, 0.25) is 0 Å². The molecule has 1 atom stereocenters. The van der Waals surface area contributed by atoms with E-state index in [1.165, 1.54) is 19.3 Å². The van der Waals surface area contributed by atoms with E-state index in [4.69, 9.17) is 0 Å². The van der Waals surface area contributed by atoms with Crippen molar-refractivity contribution in [3.05, 3.63) is 36.0 Å². The second kappa shape index (κ2) is 4.30. The van der Waals surface area contributed by atoms with Gasteiger partial charge in [-0.2, -0.15) is 0 Å². The lowest BCUT2D eigenvalue weighted by Gasteiger charge is -1.98. The fraction of sp³-hybridized carbons (Fsp3) is 0.500. The average Bonchev–Trinajstić information content (AvgIpc) is 2.47. The van der Waals surface area contributed by atoms with Crippen LogP contribution in [0.1, 0.15) is 33.1 Å². The molecule has 66 valence electrons. The lowest BCUT2D eigenvalue weighted by atomic mass is 10.1. The van der Waals surface area contributed by atoms with Gasteiger partial charge in [0.25, 0.3) is 0 Å². The third-order valence-electron chi connectivity index (χ3n) is 2.52. The maximum Gasteiger partial charge on any atom is -0.00813 e. The summed E-state index contributed by atoms with van der Waals surface area (Å²) in [6, 6.07) is 0. The van der Waals surface area contributed by atoms with Gasteiger partial charge in [-0.25, -0.2) is 0 Å². The number of allylic oxidation sites excluding steroid dienone is 5. The molecule has 0 bridgehead atoms. The number of hydrogen-bond donors (Lipinski definition) is 0. The van der Waals surface area contributed by atoms with E-state index in [0.717, 1.165) is 0 Å². The van der Waals surface area contributed by atoms with Crippen molar-refractivity contribution in [3.8, 4) is 0 Å². The Labute approximate surface area is 75.7 Å². The van der Waals surface area contributed by atoms with Gasteiger partial charge in [-0.15, -0.1) is 6.58 Å². The maximum atomic E-state index is 3.76. The van der Waals surface area contributed by atoms with Crippen molar-refractivity contribution in [2.45, 2.75) is 33.1 Å². The summed E-state index contributed by atoms with van der Waals surface area (Å²) < 4.78 is 0. The molecule has 0 heteroatoms. The molecule has 1 rings (SSSR count). The Morgan fingerprint density at radius 3 is 2.67 bits per heavy atom. The highest BCUT2D eigenvalue weighted by molar-refractivity contribution is 5.28. The third kappa shape index (κ3) is 2.37. The van der Waals surface area contributed by atoms with Crippen molar-refractivity contribution in [1.29, 1.82) is 0 Å². The van der Waals surface area contributed by atoms with Crippen molar-refractivity contribution in [2.75, 3.05) is 0 Å². The van der Waals surface area contributed by atoms with Crippen LogP contribution in [0.5, 0.6) is 0 Å². The van der Waals surface area contributed by atoms with Crippen LogP contribution in [0.15, 0.2) is 36.0 Å². The molecule has 0 amide bonds. The van der Waals surface area contributed by atoms with Gasteiger partial charge < -0.3 is 0 Å². The SMILES string of the molecule is C=CC(C)/C=C\C1=C(C)CCC1. The van der Waals surface area contributed by atoms with Gasteiger partial charge in [-0.1, -0.05) is 30.7 Å². The van der Waals surface area contributed by atoms with Gasteiger partial charge >= 0.3 is 0 Å². The Balaban J connectivity index is 2.55. The lowest BCUT2D eigenvalue weighted by molar-refractivity contribution is 0.895. The topological polar surface area (TPSA) is 0 Å². The van der Waals surface area contributed by atoms with Crippen LogP contribution in [0.3, 0.4) is 0 Å². The van der Waals surface area contributed by atoms with E-state index >= 15 is 0 Å². The smallest absolute Gasteiger partial charge is 0.00813 e. The van der Waals surface area contributed by atoms with E-state index in [-0.39, 0.29) is 0 Å². The van der Waals surface area contributed by atoms with Crippen LogP contribution in [0.25, 0.3) is 0 Å². The van der Waals surface area contributed by atoms with Gasteiger partial charge in [0, 0.05) is 0 Å². The summed E-state index contributed by atoms with van der Waals surface area (Å²) in [5.74, 6) is 0.505. The normalized spacial score (nSPS) is 20.5. The summed E-state index contributed by atoms with van der Waals surface area (Å²) >= 11 is 0. The molecule has 0 saturated carbocycles. The first-order valence-corrected chi connectivity index (χ1v) is 4.73. The first-order chi connectivity index (χ1) is 5.74. The molecule has 0 N–H and O–H groups in total. The van der Waals surface area contributed by atoms with Gasteiger partial charge in [-0.05, 0) is 37.7 Å². The molecule has 0 aromatic carbocycles. The zero-order valence-electron chi connectivity index (χ0n) is 8.14. The molecule has 1 unspecified atom stereocenters. The van der Waals surface area contributed by atoms with E-state index in [1.807, 2.05) is 6.08 Å². The zero-order chi connectivity index (χ0) is 8.97. The monoisotopic (exact) mass is 162 g/mol. The molecule has 0 spiro atoms. The third-order valence-corrected chi connectivity index (χ3v) is 2.52. The molecule has 0 fully saturated rings. The van der Waals surface area contributed by atoms with Gasteiger partial charge in [-0.3, -0.25) is 0 Å². The summed E-state index contributed by atoms with van der Waals surface area (Å²) in [7, 11) is 0. The fourth-order valence-electron chi connectivity index (χ4n) is 1.49. The highest BCUT2D eigenvalue weighted by Crippen LogP contribution is 2.26. The molecular formula is C12H18.